The van der Waals surface area contributed by atoms with Crippen molar-refractivity contribution in [1.29, 1.82) is 0 Å². The van der Waals surface area contributed by atoms with Crippen LogP contribution in [0.5, 0.6) is 5.75 Å². The van der Waals surface area contributed by atoms with Crippen LogP contribution in [0.15, 0.2) is 53.9 Å². The number of amides is 1. The average Bonchev–Trinajstić information content (AvgIpc) is 3.35. The number of esters is 1. The van der Waals surface area contributed by atoms with Crippen LogP contribution in [0, 0.1) is 0 Å². The number of carbonyl (C=O) groups excluding carboxylic acids is 2. The minimum absolute atomic E-state index is 0.217. The number of hydrogen-bond acceptors (Lipinski definition) is 6. The molecule has 7 heteroatoms. The second-order valence-corrected chi connectivity index (χ2v) is 8.76. The van der Waals surface area contributed by atoms with E-state index in [1.54, 1.807) is 16.2 Å². The molecule has 1 aromatic heterocycles. The third-order valence-electron chi connectivity index (χ3n) is 5.61. The molecule has 33 heavy (non-hydrogen) atoms. The Morgan fingerprint density at radius 2 is 1.94 bits per heavy atom. The molecule has 3 aromatic rings. The number of nitrogens with zero attached hydrogens (tertiary/aromatic N) is 2. The van der Waals surface area contributed by atoms with Gasteiger partial charge in [-0.2, -0.15) is 0 Å². The summed E-state index contributed by atoms with van der Waals surface area (Å²) in [6.07, 6.45) is 1.07. The summed E-state index contributed by atoms with van der Waals surface area (Å²) < 4.78 is 11.4. The third kappa shape index (κ3) is 4.64. The van der Waals surface area contributed by atoms with Gasteiger partial charge in [0.2, 0.25) is 0 Å². The molecule has 1 amide bonds. The highest BCUT2D eigenvalue weighted by Crippen LogP contribution is 2.40. The molecule has 0 saturated heterocycles. The van der Waals surface area contributed by atoms with E-state index >= 15 is 0 Å². The maximum absolute atomic E-state index is 13.3. The molecule has 2 atom stereocenters. The summed E-state index contributed by atoms with van der Waals surface area (Å²) in [4.78, 5) is 32.5. The molecule has 0 N–H and O–H groups in total. The first-order valence-corrected chi connectivity index (χ1v) is 12.3. The molecule has 1 aliphatic rings. The van der Waals surface area contributed by atoms with Crippen LogP contribution >= 0.6 is 11.3 Å². The van der Waals surface area contributed by atoms with Gasteiger partial charge in [0, 0.05) is 16.5 Å². The summed E-state index contributed by atoms with van der Waals surface area (Å²) in [5, 5.41) is 2.93. The van der Waals surface area contributed by atoms with E-state index < -0.39 is 12.1 Å². The van der Waals surface area contributed by atoms with E-state index in [0.717, 1.165) is 28.2 Å². The first kappa shape index (κ1) is 23.0. The average molecular weight is 465 g/mol. The van der Waals surface area contributed by atoms with Crippen LogP contribution in [0.4, 0.5) is 5.69 Å². The summed E-state index contributed by atoms with van der Waals surface area (Å²) in [5.74, 6) is -0.0167. The number of fused-ring (bicyclic) bond motifs is 1. The number of hydrogen-bond donors (Lipinski definition) is 0. The van der Waals surface area contributed by atoms with E-state index in [-0.39, 0.29) is 11.9 Å². The van der Waals surface area contributed by atoms with Crippen LogP contribution in [-0.4, -0.2) is 35.6 Å². The Morgan fingerprint density at radius 1 is 1.15 bits per heavy atom. The van der Waals surface area contributed by atoms with Gasteiger partial charge in [-0.3, -0.25) is 9.69 Å². The molecule has 0 radical (unpaired) electrons. The lowest BCUT2D eigenvalue weighted by atomic mass is 10.0. The van der Waals surface area contributed by atoms with E-state index in [2.05, 4.69) is 0 Å². The number of carbonyl (C=O) groups is 2. The maximum atomic E-state index is 13.3. The van der Waals surface area contributed by atoms with Gasteiger partial charge in [0.1, 0.15) is 16.8 Å². The molecule has 0 spiro atoms. The van der Waals surface area contributed by atoms with Gasteiger partial charge in [0.25, 0.3) is 5.91 Å². The normalized spacial score (nSPS) is 16.2. The van der Waals surface area contributed by atoms with Gasteiger partial charge < -0.3 is 9.47 Å². The van der Waals surface area contributed by atoms with Crippen LogP contribution in [0.2, 0.25) is 0 Å². The van der Waals surface area contributed by atoms with E-state index in [0.29, 0.717) is 30.9 Å². The number of anilines is 1. The van der Waals surface area contributed by atoms with Crippen molar-refractivity contribution in [2.75, 3.05) is 11.5 Å². The molecule has 2 aromatic carbocycles. The third-order valence-corrected chi connectivity index (χ3v) is 6.50. The molecule has 0 fully saturated rings. The Kier molecular flexibility index (Phi) is 7.08. The lowest BCUT2D eigenvalue weighted by Gasteiger charge is -2.37. The Hall–Kier alpha value is -3.19. The predicted molar refractivity (Wildman–Crippen MR) is 131 cm³/mol. The molecule has 2 heterocycles. The Morgan fingerprint density at radius 3 is 2.64 bits per heavy atom. The smallest absolute Gasteiger partial charge is 0.329 e. The van der Waals surface area contributed by atoms with Crippen molar-refractivity contribution in [3.8, 4) is 27.6 Å². The fourth-order valence-electron chi connectivity index (χ4n) is 3.89. The maximum Gasteiger partial charge on any atom is 0.329 e. The SMILES string of the molecule is CCCOC(=O)C(CC)N1C(=O)C(CC)Oc2ccc(-c3csc(-c4ccccc4)n3)cc21. The van der Waals surface area contributed by atoms with Gasteiger partial charge in [0.05, 0.1) is 18.0 Å². The highest BCUT2D eigenvalue weighted by molar-refractivity contribution is 7.13. The number of benzene rings is 2. The number of aromatic nitrogens is 1. The summed E-state index contributed by atoms with van der Waals surface area (Å²) in [5.41, 5.74) is 3.31. The second-order valence-electron chi connectivity index (χ2n) is 7.90. The van der Waals surface area contributed by atoms with Gasteiger partial charge in [-0.05, 0) is 37.5 Å². The molecule has 0 saturated carbocycles. The first-order chi connectivity index (χ1) is 16.1. The van der Waals surface area contributed by atoms with E-state index in [9.17, 15) is 9.59 Å². The highest BCUT2D eigenvalue weighted by Gasteiger charge is 2.40. The van der Waals surface area contributed by atoms with Crippen LogP contribution in [0.1, 0.15) is 40.0 Å². The lowest BCUT2D eigenvalue weighted by Crippen LogP contribution is -2.53. The fraction of sp³-hybridized carbons (Fsp3) is 0.346. The fourth-order valence-corrected chi connectivity index (χ4v) is 4.73. The summed E-state index contributed by atoms with van der Waals surface area (Å²) in [7, 11) is 0. The number of ether oxygens (including phenoxy) is 2. The van der Waals surface area contributed by atoms with Crippen molar-refractivity contribution in [2.24, 2.45) is 0 Å². The highest BCUT2D eigenvalue weighted by atomic mass is 32.1. The number of rotatable bonds is 8. The quantitative estimate of drug-likeness (QED) is 0.399. The molecule has 2 unspecified atom stereocenters. The Bertz CT molecular complexity index is 1130. The van der Waals surface area contributed by atoms with Crippen LogP contribution in [0.25, 0.3) is 21.8 Å². The summed E-state index contributed by atoms with van der Waals surface area (Å²) in [6, 6.07) is 15.0. The Balaban J connectivity index is 1.73. The monoisotopic (exact) mass is 464 g/mol. The number of thiazole rings is 1. The van der Waals surface area contributed by atoms with Crippen LogP contribution in [0.3, 0.4) is 0 Å². The molecule has 0 bridgehead atoms. The summed E-state index contributed by atoms with van der Waals surface area (Å²) >= 11 is 1.57. The zero-order chi connectivity index (χ0) is 23.4. The molecule has 4 rings (SSSR count). The van der Waals surface area contributed by atoms with Crippen LogP contribution < -0.4 is 9.64 Å². The van der Waals surface area contributed by atoms with Crippen molar-refractivity contribution >= 4 is 28.9 Å². The first-order valence-electron chi connectivity index (χ1n) is 11.4. The minimum Gasteiger partial charge on any atom is -0.478 e. The molecule has 1 aliphatic heterocycles. The van der Waals surface area contributed by atoms with Gasteiger partial charge in [0.15, 0.2) is 6.10 Å². The zero-order valence-electron chi connectivity index (χ0n) is 19.1. The van der Waals surface area contributed by atoms with Crippen molar-refractivity contribution < 1.29 is 19.1 Å². The summed E-state index contributed by atoms with van der Waals surface area (Å²) in [6.45, 7) is 6.06. The molecular weight excluding hydrogens is 436 g/mol. The van der Waals surface area contributed by atoms with Gasteiger partial charge in [-0.15, -0.1) is 11.3 Å². The Labute approximate surface area is 198 Å². The topological polar surface area (TPSA) is 68.7 Å². The van der Waals surface area contributed by atoms with Gasteiger partial charge in [-0.1, -0.05) is 51.1 Å². The van der Waals surface area contributed by atoms with Crippen molar-refractivity contribution in [2.45, 2.75) is 52.2 Å². The second kappa shape index (κ2) is 10.2. The molecule has 172 valence electrons. The van der Waals surface area contributed by atoms with Gasteiger partial charge >= 0.3 is 5.97 Å². The van der Waals surface area contributed by atoms with Gasteiger partial charge in [-0.25, -0.2) is 9.78 Å². The standard InChI is InChI=1S/C26H28N2O4S/c1-4-14-31-26(30)20(5-2)28-21-15-18(12-13-23(21)32-22(6-3)25(28)29)19-16-33-24(27-19)17-10-8-7-9-11-17/h7-13,15-16,20,22H,4-6,14H2,1-3H3. The van der Waals surface area contributed by atoms with E-state index in [1.807, 2.05) is 74.7 Å². The molecular formula is C26H28N2O4S. The van der Waals surface area contributed by atoms with Crippen molar-refractivity contribution in [3.63, 3.8) is 0 Å². The molecule has 0 aliphatic carbocycles. The molecule has 6 nitrogen and oxygen atoms in total. The van der Waals surface area contributed by atoms with Crippen molar-refractivity contribution in [1.82, 2.24) is 4.98 Å². The van der Waals surface area contributed by atoms with Crippen LogP contribution in [-0.2, 0) is 14.3 Å². The predicted octanol–water partition coefficient (Wildman–Crippen LogP) is 5.71. The zero-order valence-corrected chi connectivity index (χ0v) is 19.9. The largest absolute Gasteiger partial charge is 0.478 e. The lowest BCUT2D eigenvalue weighted by molar-refractivity contribution is -0.147. The van der Waals surface area contributed by atoms with E-state index in [1.165, 1.54) is 0 Å². The van der Waals surface area contributed by atoms with Crippen molar-refractivity contribution in [3.05, 3.63) is 53.9 Å². The van der Waals surface area contributed by atoms with E-state index in [4.69, 9.17) is 14.5 Å². The minimum atomic E-state index is -0.702.